The second-order valence-electron chi connectivity index (χ2n) is 13.5. The molecule has 2 nitrogen and oxygen atoms in total. The lowest BCUT2D eigenvalue weighted by Gasteiger charge is -2.59. The second kappa shape index (κ2) is 9.78. The molecule has 2 heteroatoms. The highest BCUT2D eigenvalue weighted by Crippen LogP contribution is 2.67. The third kappa shape index (κ3) is 4.34. The van der Waals surface area contributed by atoms with E-state index in [4.69, 9.17) is 4.74 Å². The summed E-state index contributed by atoms with van der Waals surface area (Å²) in [7, 11) is 0. The Morgan fingerprint density at radius 3 is 2.41 bits per heavy atom. The van der Waals surface area contributed by atoms with Crippen molar-refractivity contribution in [3.63, 3.8) is 0 Å². The lowest BCUT2D eigenvalue weighted by Crippen LogP contribution is -2.53. The largest absolute Gasteiger partial charge is 0.462 e. The minimum absolute atomic E-state index is 0.109. The van der Waals surface area contributed by atoms with E-state index in [-0.39, 0.29) is 12.1 Å². The SMILES string of the molecule is C/C=C(\CCC(C)C1CCC2C3=CC[C@H]4[C@H](C)C(OC(C)=O)CCC4(C)C3CCC21C)C(C)C. The first-order valence-electron chi connectivity index (χ1n) is 14.5. The van der Waals surface area contributed by atoms with Crippen molar-refractivity contribution in [2.75, 3.05) is 0 Å². The maximum Gasteiger partial charge on any atom is 0.302 e. The molecule has 0 aromatic rings. The van der Waals surface area contributed by atoms with Crippen molar-refractivity contribution in [3.05, 3.63) is 23.3 Å². The highest BCUT2D eigenvalue weighted by molar-refractivity contribution is 5.66. The Morgan fingerprint density at radius 1 is 1.09 bits per heavy atom. The molecule has 3 saturated carbocycles. The van der Waals surface area contributed by atoms with Crippen molar-refractivity contribution in [2.45, 2.75) is 119 Å². The van der Waals surface area contributed by atoms with E-state index in [1.807, 2.05) is 5.57 Å². The summed E-state index contributed by atoms with van der Waals surface area (Å²) in [4.78, 5) is 11.7. The van der Waals surface area contributed by atoms with Crippen molar-refractivity contribution < 1.29 is 9.53 Å². The number of hydrogen-bond donors (Lipinski definition) is 0. The molecule has 3 fully saturated rings. The number of rotatable bonds is 6. The van der Waals surface area contributed by atoms with Gasteiger partial charge < -0.3 is 4.74 Å². The Balaban J connectivity index is 1.50. The summed E-state index contributed by atoms with van der Waals surface area (Å²) in [6.45, 7) is 18.7. The number of carbonyl (C=O) groups is 1. The van der Waals surface area contributed by atoms with Crippen molar-refractivity contribution in [1.82, 2.24) is 0 Å². The Hall–Kier alpha value is -1.05. The van der Waals surface area contributed by atoms with Crippen LogP contribution in [0.4, 0.5) is 0 Å². The van der Waals surface area contributed by atoms with Crippen molar-refractivity contribution in [1.29, 1.82) is 0 Å². The van der Waals surface area contributed by atoms with Crippen LogP contribution in [0, 0.1) is 52.3 Å². The summed E-state index contributed by atoms with van der Waals surface area (Å²) in [6, 6.07) is 0. The van der Waals surface area contributed by atoms with Gasteiger partial charge in [-0.2, -0.15) is 0 Å². The summed E-state index contributed by atoms with van der Waals surface area (Å²) >= 11 is 0. The van der Waals surface area contributed by atoms with Gasteiger partial charge in [-0.05, 0) is 117 Å². The van der Waals surface area contributed by atoms with E-state index in [2.05, 4.69) is 60.6 Å². The molecule has 4 aliphatic carbocycles. The standard InChI is InChI=1S/C32H52O2/c1-9-24(20(2)3)11-10-21(4)26-14-15-28-25-12-13-27-22(5)30(34-23(6)33)17-19-32(27,8)29(25)16-18-31(26,28)7/h9,12,20-22,26-30H,10-11,13-19H2,1-8H3/b24-9+/t21?,22-,26?,27-,28?,29?,30?,31?,32?/m0/s1. The molecule has 7 unspecified atom stereocenters. The van der Waals surface area contributed by atoms with Crippen LogP contribution in [0.15, 0.2) is 23.3 Å². The van der Waals surface area contributed by atoms with Gasteiger partial charge in [-0.25, -0.2) is 0 Å². The first-order valence-corrected chi connectivity index (χ1v) is 14.5. The van der Waals surface area contributed by atoms with Gasteiger partial charge in [0, 0.05) is 6.92 Å². The fraction of sp³-hybridized carbons (Fsp3) is 0.844. The molecular formula is C32H52O2. The van der Waals surface area contributed by atoms with Crippen molar-refractivity contribution in [2.24, 2.45) is 52.3 Å². The normalized spacial score (nSPS) is 43.0. The minimum Gasteiger partial charge on any atom is -0.462 e. The molecule has 0 amide bonds. The Labute approximate surface area is 210 Å². The molecule has 4 aliphatic rings. The Kier molecular flexibility index (Phi) is 7.48. The molecule has 0 aromatic heterocycles. The summed E-state index contributed by atoms with van der Waals surface area (Å²) in [5, 5.41) is 0. The average molecular weight is 469 g/mol. The lowest BCUT2D eigenvalue weighted by atomic mass is 9.46. The van der Waals surface area contributed by atoms with Crippen LogP contribution in [-0.2, 0) is 9.53 Å². The molecule has 0 heterocycles. The predicted molar refractivity (Wildman–Crippen MR) is 142 cm³/mol. The quantitative estimate of drug-likeness (QED) is 0.288. The molecule has 0 radical (unpaired) electrons. The van der Waals surface area contributed by atoms with Crippen molar-refractivity contribution in [3.8, 4) is 0 Å². The maximum atomic E-state index is 11.7. The van der Waals surface area contributed by atoms with E-state index in [1.54, 1.807) is 12.5 Å². The van der Waals surface area contributed by atoms with Gasteiger partial charge in [-0.15, -0.1) is 0 Å². The maximum absolute atomic E-state index is 11.7. The smallest absolute Gasteiger partial charge is 0.302 e. The summed E-state index contributed by atoms with van der Waals surface area (Å²) in [5.41, 5.74) is 4.35. The number of allylic oxidation sites excluding steroid dienone is 4. The lowest BCUT2D eigenvalue weighted by molar-refractivity contribution is -0.158. The zero-order valence-corrected chi connectivity index (χ0v) is 23.5. The number of esters is 1. The van der Waals surface area contributed by atoms with Gasteiger partial charge in [0.25, 0.3) is 0 Å². The van der Waals surface area contributed by atoms with Gasteiger partial charge >= 0.3 is 5.97 Å². The molecule has 0 N–H and O–H groups in total. The number of hydrogen-bond acceptors (Lipinski definition) is 2. The number of ether oxygens (including phenoxy) is 1. The zero-order chi connectivity index (χ0) is 24.8. The zero-order valence-electron chi connectivity index (χ0n) is 23.5. The Bertz CT molecular complexity index is 821. The van der Waals surface area contributed by atoms with Gasteiger partial charge in [0.1, 0.15) is 6.10 Å². The molecule has 0 saturated heterocycles. The first kappa shape index (κ1) is 26.0. The van der Waals surface area contributed by atoms with Gasteiger partial charge in [-0.3, -0.25) is 4.79 Å². The van der Waals surface area contributed by atoms with Crippen LogP contribution >= 0.6 is 0 Å². The van der Waals surface area contributed by atoms with E-state index >= 15 is 0 Å². The monoisotopic (exact) mass is 468 g/mol. The van der Waals surface area contributed by atoms with Gasteiger partial charge in [0.15, 0.2) is 0 Å². The molecule has 34 heavy (non-hydrogen) atoms. The molecule has 0 spiro atoms. The molecule has 192 valence electrons. The fourth-order valence-corrected chi connectivity index (χ4v) is 9.65. The van der Waals surface area contributed by atoms with E-state index in [9.17, 15) is 4.79 Å². The molecule has 9 atom stereocenters. The highest BCUT2D eigenvalue weighted by atomic mass is 16.5. The van der Waals surface area contributed by atoms with Crippen LogP contribution in [0.25, 0.3) is 0 Å². The summed E-state index contributed by atoms with van der Waals surface area (Å²) in [5.74, 6) is 4.91. The van der Waals surface area contributed by atoms with Gasteiger partial charge in [0.05, 0.1) is 0 Å². The van der Waals surface area contributed by atoms with E-state index in [0.717, 1.165) is 30.1 Å². The number of fused-ring (bicyclic) bond motifs is 5. The molecule has 0 aliphatic heterocycles. The van der Waals surface area contributed by atoms with Crippen molar-refractivity contribution >= 4 is 5.97 Å². The molecule has 4 rings (SSSR count). The van der Waals surface area contributed by atoms with Crippen LogP contribution in [0.1, 0.15) is 113 Å². The summed E-state index contributed by atoms with van der Waals surface area (Å²) in [6.07, 6.45) is 16.8. The third-order valence-electron chi connectivity index (χ3n) is 11.6. The topological polar surface area (TPSA) is 26.3 Å². The average Bonchev–Trinajstić information content (AvgIpc) is 3.13. The minimum atomic E-state index is -0.109. The van der Waals surface area contributed by atoms with Crippen LogP contribution in [0.2, 0.25) is 0 Å². The van der Waals surface area contributed by atoms with Crippen LogP contribution in [0.5, 0.6) is 0 Å². The molecular weight excluding hydrogens is 416 g/mol. The van der Waals surface area contributed by atoms with Gasteiger partial charge in [-0.1, -0.05) is 64.8 Å². The van der Waals surface area contributed by atoms with E-state index in [1.165, 1.54) is 51.4 Å². The molecule has 0 bridgehead atoms. The Morgan fingerprint density at radius 2 is 1.76 bits per heavy atom. The number of carbonyl (C=O) groups excluding carboxylic acids is 1. The van der Waals surface area contributed by atoms with Crippen LogP contribution in [-0.4, -0.2) is 12.1 Å². The first-order chi connectivity index (χ1) is 16.0. The second-order valence-corrected chi connectivity index (χ2v) is 13.5. The van der Waals surface area contributed by atoms with Gasteiger partial charge in [0.2, 0.25) is 0 Å². The molecule has 0 aromatic carbocycles. The van der Waals surface area contributed by atoms with E-state index in [0.29, 0.717) is 28.6 Å². The van der Waals surface area contributed by atoms with Crippen LogP contribution in [0.3, 0.4) is 0 Å². The highest BCUT2D eigenvalue weighted by Gasteiger charge is 2.59. The van der Waals surface area contributed by atoms with Crippen LogP contribution < -0.4 is 0 Å². The predicted octanol–water partition coefficient (Wildman–Crippen LogP) is 8.76. The third-order valence-corrected chi connectivity index (χ3v) is 11.6. The van der Waals surface area contributed by atoms with E-state index < -0.39 is 0 Å². The summed E-state index contributed by atoms with van der Waals surface area (Å²) < 4.78 is 5.76. The fourth-order valence-electron chi connectivity index (χ4n) is 9.65.